The number of hydrogen-bond acceptors (Lipinski definition) is 3. The second kappa shape index (κ2) is 6.51. The highest BCUT2D eigenvalue weighted by Crippen LogP contribution is 2.23. The highest BCUT2D eigenvalue weighted by molar-refractivity contribution is 6.13. The van der Waals surface area contributed by atoms with Crippen LogP contribution in [0.1, 0.15) is 25.3 Å². The smallest absolute Gasteiger partial charge is 0.482 e. The number of aromatic hydroxyl groups is 1. The topological polar surface area (TPSA) is 60.7 Å². The Hall–Kier alpha value is -0.995. The van der Waals surface area contributed by atoms with Gasteiger partial charge < -0.3 is 15.2 Å². The lowest BCUT2D eigenvalue weighted by Gasteiger charge is -2.05. The van der Waals surface area contributed by atoms with Crippen LogP contribution in [0.25, 0.3) is 0 Å². The number of rotatable bonds is 1. The summed E-state index contributed by atoms with van der Waals surface area (Å²) < 4.78 is 0. The van der Waals surface area contributed by atoms with Crippen molar-refractivity contribution in [2.45, 2.75) is 19.8 Å². The van der Waals surface area contributed by atoms with Crippen LogP contribution in [0.3, 0.4) is 0 Å². The Morgan fingerprint density at radius 3 is 1.92 bits per heavy atom. The molecule has 0 atom stereocenters. The summed E-state index contributed by atoms with van der Waals surface area (Å²) in [6.07, 6.45) is 0. The van der Waals surface area contributed by atoms with E-state index >= 15 is 0 Å². The predicted molar refractivity (Wildman–Crippen MR) is 52.4 cm³/mol. The molecule has 71 valence electrons. The fourth-order valence-electron chi connectivity index (χ4n) is 0.976. The summed E-state index contributed by atoms with van der Waals surface area (Å²) in [5.74, 6) is 0.804. The van der Waals surface area contributed by atoms with Crippen molar-refractivity contribution in [3.05, 3.63) is 29.8 Å². The lowest BCUT2D eigenvalue weighted by Crippen LogP contribution is -1.85. The van der Waals surface area contributed by atoms with Crippen LogP contribution in [-0.4, -0.2) is 22.8 Å². The molecule has 0 saturated heterocycles. The third kappa shape index (κ3) is 4.55. The van der Waals surface area contributed by atoms with Crippen LogP contribution in [0.15, 0.2) is 24.3 Å². The fourth-order valence-corrected chi connectivity index (χ4v) is 0.976. The Bertz CT molecular complexity index is 238. The Balaban J connectivity index is 0.000000424. The number of phenols is 1. The minimum Gasteiger partial charge on any atom is -0.508 e. The van der Waals surface area contributed by atoms with E-state index in [1.54, 1.807) is 6.07 Å². The van der Waals surface area contributed by atoms with E-state index in [0.717, 1.165) is 5.56 Å². The van der Waals surface area contributed by atoms with Gasteiger partial charge in [0.05, 0.1) is 0 Å². The Morgan fingerprint density at radius 2 is 1.62 bits per heavy atom. The molecule has 13 heavy (non-hydrogen) atoms. The summed E-state index contributed by atoms with van der Waals surface area (Å²) in [6, 6.07) is 7.44. The van der Waals surface area contributed by atoms with Crippen molar-refractivity contribution in [3.8, 4) is 5.75 Å². The maximum absolute atomic E-state index is 9.28. The monoisotopic (exact) mass is 181 g/mol. The summed E-state index contributed by atoms with van der Waals surface area (Å²) in [6.45, 7) is 4.13. The number of para-hydroxylation sites is 1. The molecule has 0 spiro atoms. The van der Waals surface area contributed by atoms with E-state index in [0.29, 0.717) is 11.7 Å². The van der Waals surface area contributed by atoms with Gasteiger partial charge in [-0.3, -0.25) is 0 Å². The largest absolute Gasteiger partial charge is 0.508 e. The summed E-state index contributed by atoms with van der Waals surface area (Å²) in [4.78, 5) is 0. The zero-order valence-corrected chi connectivity index (χ0v) is 7.81. The standard InChI is InChI=1S/C9H12O.BH2O2/c1-7(2)8-5-3-4-6-9(8)10;2-1-3/h3-7,10H,1-2H3;2-3H. The van der Waals surface area contributed by atoms with Gasteiger partial charge >= 0.3 is 7.69 Å². The first-order valence-corrected chi connectivity index (χ1v) is 4.01. The van der Waals surface area contributed by atoms with Gasteiger partial charge in [0, 0.05) is 0 Å². The maximum Gasteiger partial charge on any atom is 0.482 e. The molecule has 3 nitrogen and oxygen atoms in total. The number of benzene rings is 1. The maximum atomic E-state index is 9.28. The van der Waals surface area contributed by atoms with Crippen LogP contribution in [-0.2, 0) is 0 Å². The van der Waals surface area contributed by atoms with E-state index < -0.39 is 0 Å². The molecule has 0 aromatic heterocycles. The summed E-state index contributed by atoms with van der Waals surface area (Å²) in [7, 11) is 0. The van der Waals surface area contributed by atoms with Crippen molar-refractivity contribution < 1.29 is 15.2 Å². The highest BCUT2D eigenvalue weighted by atomic mass is 16.4. The van der Waals surface area contributed by atoms with Crippen molar-refractivity contribution in [1.29, 1.82) is 0 Å². The molecule has 1 aromatic rings. The van der Waals surface area contributed by atoms with E-state index in [1.807, 2.05) is 18.2 Å². The van der Waals surface area contributed by atoms with Crippen LogP contribution in [0.5, 0.6) is 5.75 Å². The average Bonchev–Trinajstić information content (AvgIpc) is 2.06. The van der Waals surface area contributed by atoms with Crippen molar-refractivity contribution in [3.63, 3.8) is 0 Å². The lowest BCUT2D eigenvalue weighted by molar-refractivity contribution is 0.448. The minimum atomic E-state index is 0. The summed E-state index contributed by atoms with van der Waals surface area (Å²) in [5, 5.41) is 23.3. The van der Waals surface area contributed by atoms with E-state index in [-0.39, 0.29) is 7.69 Å². The van der Waals surface area contributed by atoms with Crippen LogP contribution < -0.4 is 0 Å². The molecule has 0 aliphatic heterocycles. The average molecular weight is 181 g/mol. The molecule has 0 heterocycles. The lowest BCUT2D eigenvalue weighted by atomic mass is 10.0. The Morgan fingerprint density at radius 1 is 1.15 bits per heavy atom. The van der Waals surface area contributed by atoms with Gasteiger partial charge in [-0.15, -0.1) is 0 Å². The van der Waals surface area contributed by atoms with Gasteiger partial charge in [-0.2, -0.15) is 0 Å². The first-order chi connectivity index (χ1) is 6.13. The van der Waals surface area contributed by atoms with Gasteiger partial charge in [0.25, 0.3) is 0 Å². The molecule has 0 amide bonds. The second-order valence-electron chi connectivity index (χ2n) is 2.83. The van der Waals surface area contributed by atoms with Crippen LogP contribution >= 0.6 is 0 Å². The zero-order valence-electron chi connectivity index (χ0n) is 7.81. The van der Waals surface area contributed by atoms with Gasteiger partial charge in [-0.05, 0) is 17.5 Å². The first kappa shape index (κ1) is 12.0. The third-order valence-electron chi connectivity index (χ3n) is 1.56. The van der Waals surface area contributed by atoms with Crippen LogP contribution in [0.4, 0.5) is 0 Å². The first-order valence-electron chi connectivity index (χ1n) is 4.01. The molecule has 4 heteroatoms. The quantitative estimate of drug-likeness (QED) is 0.566. The van der Waals surface area contributed by atoms with E-state index in [4.69, 9.17) is 10.0 Å². The molecule has 0 bridgehead atoms. The fraction of sp³-hybridized carbons (Fsp3) is 0.333. The van der Waals surface area contributed by atoms with Gasteiger partial charge in [-0.25, -0.2) is 0 Å². The van der Waals surface area contributed by atoms with Crippen LogP contribution in [0.2, 0.25) is 0 Å². The molecule has 3 N–H and O–H groups in total. The van der Waals surface area contributed by atoms with Gasteiger partial charge in [0.2, 0.25) is 0 Å². The van der Waals surface area contributed by atoms with Gasteiger partial charge in [0.15, 0.2) is 0 Å². The molecule has 0 aliphatic carbocycles. The molecule has 0 aliphatic rings. The summed E-state index contributed by atoms with van der Waals surface area (Å²) >= 11 is 0. The van der Waals surface area contributed by atoms with Crippen molar-refractivity contribution >= 4 is 7.69 Å². The second-order valence-corrected chi connectivity index (χ2v) is 2.83. The third-order valence-corrected chi connectivity index (χ3v) is 1.56. The summed E-state index contributed by atoms with van der Waals surface area (Å²) in [5.41, 5.74) is 1.02. The highest BCUT2D eigenvalue weighted by Gasteiger charge is 2.01. The molecular formula is C9H14BO3. The van der Waals surface area contributed by atoms with E-state index in [2.05, 4.69) is 13.8 Å². The normalized spacial score (nSPS) is 9.00. The van der Waals surface area contributed by atoms with E-state index in [1.165, 1.54) is 0 Å². The van der Waals surface area contributed by atoms with Crippen molar-refractivity contribution in [2.75, 3.05) is 0 Å². The van der Waals surface area contributed by atoms with Gasteiger partial charge in [0.1, 0.15) is 5.75 Å². The van der Waals surface area contributed by atoms with Gasteiger partial charge in [-0.1, -0.05) is 32.0 Å². The molecule has 1 aromatic carbocycles. The molecule has 1 rings (SSSR count). The predicted octanol–water partition coefficient (Wildman–Crippen LogP) is 1.02. The number of hydrogen-bond donors (Lipinski definition) is 3. The number of phenolic OH excluding ortho intramolecular Hbond substituents is 1. The van der Waals surface area contributed by atoms with E-state index in [9.17, 15) is 5.11 Å². The SMILES string of the molecule is CC(C)c1ccccc1O.O[B]O. The zero-order chi connectivity index (χ0) is 10.3. The molecule has 0 saturated carbocycles. The van der Waals surface area contributed by atoms with Crippen molar-refractivity contribution in [2.24, 2.45) is 0 Å². The van der Waals surface area contributed by atoms with Crippen molar-refractivity contribution in [1.82, 2.24) is 0 Å². The minimum absolute atomic E-state index is 0. The molecule has 1 radical (unpaired) electrons. The Kier molecular flexibility index (Phi) is 6.01. The molecular weight excluding hydrogens is 167 g/mol. The Labute approximate surface area is 79.0 Å². The molecule has 0 fully saturated rings. The van der Waals surface area contributed by atoms with Crippen LogP contribution in [0, 0.1) is 0 Å². The molecule has 0 unspecified atom stereocenters.